The summed E-state index contributed by atoms with van der Waals surface area (Å²) in [5, 5.41) is 2.83. The largest absolute Gasteiger partial charge is 0.365 e. The van der Waals surface area contributed by atoms with E-state index in [0.29, 0.717) is 0 Å². The Kier molecular flexibility index (Phi) is 1.22. The van der Waals surface area contributed by atoms with Crippen LogP contribution in [0.4, 0.5) is 0 Å². The second kappa shape index (κ2) is 1.89. The van der Waals surface area contributed by atoms with E-state index in [4.69, 9.17) is 11.8 Å². The van der Waals surface area contributed by atoms with Crippen LogP contribution in [-0.4, -0.2) is 4.42 Å². The molecular formula is C4H5ClN2. The fraction of sp³-hybridized carbons (Fsp3) is 0. The molecule has 0 aromatic heterocycles. The molecule has 0 radical (unpaired) electrons. The molecule has 1 aliphatic heterocycles. The lowest BCUT2D eigenvalue weighted by Gasteiger charge is -2.05. The normalized spacial score (nSPS) is 17.0. The van der Waals surface area contributed by atoms with Gasteiger partial charge in [-0.25, -0.2) is 0 Å². The minimum absolute atomic E-state index is 1.44. The predicted molar refractivity (Wildman–Crippen MR) is 29.1 cm³/mol. The topological polar surface area (TPSA) is 15.3 Å². The molecule has 0 unspecified atom stereocenters. The average molecular weight is 117 g/mol. The molecule has 1 N–H and O–H groups in total. The third-order valence-corrected chi connectivity index (χ3v) is 0.852. The molecule has 1 aliphatic rings. The van der Waals surface area contributed by atoms with Crippen molar-refractivity contribution in [1.29, 1.82) is 0 Å². The Balaban J connectivity index is 2.49. The van der Waals surface area contributed by atoms with E-state index >= 15 is 0 Å². The minimum Gasteiger partial charge on any atom is -0.365 e. The van der Waals surface area contributed by atoms with Crippen LogP contribution >= 0.6 is 11.8 Å². The maximum Gasteiger partial charge on any atom is 0.0373 e. The lowest BCUT2D eigenvalue weighted by molar-refractivity contribution is 0.787. The molecule has 0 aromatic carbocycles. The van der Waals surface area contributed by atoms with Crippen molar-refractivity contribution in [3.05, 3.63) is 24.8 Å². The van der Waals surface area contributed by atoms with E-state index in [1.165, 1.54) is 4.42 Å². The van der Waals surface area contributed by atoms with Gasteiger partial charge < -0.3 is 5.32 Å². The van der Waals surface area contributed by atoms with Crippen molar-refractivity contribution in [2.24, 2.45) is 0 Å². The highest BCUT2D eigenvalue weighted by Gasteiger charge is 1.85. The van der Waals surface area contributed by atoms with Crippen LogP contribution in [0.25, 0.3) is 0 Å². The second-order valence-electron chi connectivity index (χ2n) is 1.14. The van der Waals surface area contributed by atoms with E-state index in [1.807, 2.05) is 0 Å². The van der Waals surface area contributed by atoms with Crippen LogP contribution in [0.1, 0.15) is 0 Å². The molecule has 0 bridgehead atoms. The Labute approximate surface area is 47.2 Å². The van der Waals surface area contributed by atoms with Gasteiger partial charge in [0.25, 0.3) is 0 Å². The van der Waals surface area contributed by atoms with Crippen LogP contribution in [0.5, 0.6) is 0 Å². The smallest absolute Gasteiger partial charge is 0.0373 e. The van der Waals surface area contributed by atoms with Crippen LogP contribution < -0.4 is 5.32 Å². The molecule has 0 aromatic rings. The van der Waals surface area contributed by atoms with Gasteiger partial charge in [0.2, 0.25) is 0 Å². The molecule has 0 saturated heterocycles. The quantitative estimate of drug-likeness (QED) is 0.475. The van der Waals surface area contributed by atoms with E-state index in [-0.39, 0.29) is 0 Å². The van der Waals surface area contributed by atoms with Crippen LogP contribution in [-0.2, 0) is 0 Å². The highest BCUT2D eigenvalue weighted by atomic mass is 35.5. The van der Waals surface area contributed by atoms with Crippen LogP contribution in [0.15, 0.2) is 24.8 Å². The Hall–Kier alpha value is -0.630. The Morgan fingerprint density at radius 1 is 1.29 bits per heavy atom. The van der Waals surface area contributed by atoms with Gasteiger partial charge in [-0.15, -0.1) is 0 Å². The van der Waals surface area contributed by atoms with Crippen LogP contribution in [0.3, 0.4) is 0 Å². The molecule has 0 spiro atoms. The van der Waals surface area contributed by atoms with Crippen LogP contribution in [0.2, 0.25) is 0 Å². The van der Waals surface area contributed by atoms with Gasteiger partial charge in [0.05, 0.1) is 0 Å². The van der Waals surface area contributed by atoms with E-state index in [2.05, 4.69) is 5.32 Å². The molecule has 7 heavy (non-hydrogen) atoms. The van der Waals surface area contributed by atoms with Gasteiger partial charge in [-0.3, -0.25) is 4.42 Å². The molecule has 3 heteroatoms. The Bertz CT molecular complexity index is 96.3. The Morgan fingerprint density at radius 2 is 1.86 bits per heavy atom. The summed E-state index contributed by atoms with van der Waals surface area (Å²) in [7, 11) is 0. The third kappa shape index (κ3) is 1.12. The van der Waals surface area contributed by atoms with E-state index < -0.39 is 0 Å². The average Bonchev–Trinajstić information content (AvgIpc) is 1.69. The molecule has 0 fully saturated rings. The number of nitrogens with one attached hydrogen (secondary N) is 1. The van der Waals surface area contributed by atoms with Gasteiger partial charge >= 0.3 is 0 Å². The molecule has 1 heterocycles. The third-order valence-electron chi connectivity index (χ3n) is 0.626. The standard InChI is InChI=1S/C4H5ClN2/c5-7-3-1-6-2-4-7/h1-4,6H. The maximum atomic E-state index is 5.44. The predicted octanol–water partition coefficient (Wildman–Crippen LogP) is 0.988. The van der Waals surface area contributed by atoms with E-state index in [1.54, 1.807) is 24.8 Å². The lowest BCUT2D eigenvalue weighted by atomic mass is 10.7. The second-order valence-corrected chi connectivity index (χ2v) is 1.53. The molecule has 2 nitrogen and oxygen atoms in total. The molecule has 38 valence electrons. The zero-order valence-electron chi connectivity index (χ0n) is 3.63. The molecular weight excluding hydrogens is 112 g/mol. The summed E-state index contributed by atoms with van der Waals surface area (Å²) in [4.78, 5) is 0. The van der Waals surface area contributed by atoms with Gasteiger partial charge in [0.15, 0.2) is 0 Å². The molecule has 0 aliphatic carbocycles. The first-order valence-electron chi connectivity index (χ1n) is 1.93. The molecule has 0 saturated carbocycles. The van der Waals surface area contributed by atoms with Gasteiger partial charge in [-0.05, 0) is 0 Å². The van der Waals surface area contributed by atoms with Crippen molar-refractivity contribution < 1.29 is 0 Å². The SMILES string of the molecule is ClN1C=CNC=C1. The summed E-state index contributed by atoms with van der Waals surface area (Å²) in [6.07, 6.45) is 6.91. The highest BCUT2D eigenvalue weighted by molar-refractivity contribution is 6.14. The van der Waals surface area contributed by atoms with Crippen molar-refractivity contribution in [1.82, 2.24) is 9.74 Å². The summed E-state index contributed by atoms with van der Waals surface area (Å²) in [5.74, 6) is 0. The van der Waals surface area contributed by atoms with Crippen molar-refractivity contribution in [3.8, 4) is 0 Å². The molecule has 0 amide bonds. The van der Waals surface area contributed by atoms with Crippen LogP contribution in [0, 0.1) is 0 Å². The monoisotopic (exact) mass is 116 g/mol. The molecule has 0 atom stereocenters. The number of halogens is 1. The van der Waals surface area contributed by atoms with Crippen molar-refractivity contribution in [2.75, 3.05) is 0 Å². The van der Waals surface area contributed by atoms with Gasteiger partial charge in [0, 0.05) is 36.6 Å². The van der Waals surface area contributed by atoms with E-state index in [9.17, 15) is 0 Å². The van der Waals surface area contributed by atoms with Gasteiger partial charge in [-0.1, -0.05) is 0 Å². The fourth-order valence-corrected chi connectivity index (χ4v) is 0.446. The summed E-state index contributed by atoms with van der Waals surface area (Å²) >= 11 is 5.44. The van der Waals surface area contributed by atoms with Gasteiger partial charge in [0.1, 0.15) is 0 Å². The Morgan fingerprint density at radius 3 is 2.14 bits per heavy atom. The van der Waals surface area contributed by atoms with Crippen molar-refractivity contribution >= 4 is 11.8 Å². The van der Waals surface area contributed by atoms with Gasteiger partial charge in [-0.2, -0.15) is 0 Å². The zero-order chi connectivity index (χ0) is 5.11. The first-order chi connectivity index (χ1) is 3.39. The maximum absolute atomic E-state index is 5.44. The highest BCUT2D eigenvalue weighted by Crippen LogP contribution is 1.97. The number of hydrogen-bond donors (Lipinski definition) is 1. The number of nitrogens with zero attached hydrogens (tertiary/aromatic N) is 1. The summed E-state index contributed by atoms with van der Waals surface area (Å²) in [6, 6.07) is 0. The summed E-state index contributed by atoms with van der Waals surface area (Å²) in [5.41, 5.74) is 0. The fourth-order valence-electron chi connectivity index (χ4n) is 0.334. The van der Waals surface area contributed by atoms with Crippen molar-refractivity contribution in [2.45, 2.75) is 0 Å². The summed E-state index contributed by atoms with van der Waals surface area (Å²) in [6.45, 7) is 0. The number of rotatable bonds is 0. The number of hydrogen-bond acceptors (Lipinski definition) is 2. The first-order valence-corrected chi connectivity index (χ1v) is 2.27. The minimum atomic E-state index is 1.44. The molecule has 1 rings (SSSR count). The first kappa shape index (κ1) is 4.53. The zero-order valence-corrected chi connectivity index (χ0v) is 4.39. The lowest BCUT2D eigenvalue weighted by Crippen LogP contribution is -2.04. The van der Waals surface area contributed by atoms with Crippen molar-refractivity contribution in [3.63, 3.8) is 0 Å². The summed E-state index contributed by atoms with van der Waals surface area (Å²) < 4.78 is 1.44. The van der Waals surface area contributed by atoms with E-state index in [0.717, 1.165) is 0 Å².